The van der Waals surface area contributed by atoms with Crippen LogP contribution in [0.25, 0.3) is 0 Å². The highest BCUT2D eigenvalue weighted by Crippen LogP contribution is 2.30. The lowest BCUT2D eigenvalue weighted by molar-refractivity contribution is 0.0442. The van der Waals surface area contributed by atoms with Gasteiger partial charge in [-0.15, -0.1) is 0 Å². The van der Waals surface area contributed by atoms with Crippen LogP contribution in [-0.2, 0) is 16.8 Å². The molecule has 0 atom stereocenters. The van der Waals surface area contributed by atoms with E-state index in [1.54, 1.807) is 13.0 Å². The third-order valence-corrected chi connectivity index (χ3v) is 4.25. The van der Waals surface area contributed by atoms with E-state index in [0.717, 1.165) is 12.0 Å². The molecule has 124 valence electrons. The fourth-order valence-corrected chi connectivity index (χ4v) is 2.46. The summed E-state index contributed by atoms with van der Waals surface area (Å²) in [5.41, 5.74) is 2.80. The van der Waals surface area contributed by atoms with Gasteiger partial charge in [-0.2, -0.15) is 0 Å². The van der Waals surface area contributed by atoms with Gasteiger partial charge in [-0.3, -0.25) is 0 Å². The summed E-state index contributed by atoms with van der Waals surface area (Å²) in [6.07, 6.45) is 1.01. The number of benzene rings is 1. The van der Waals surface area contributed by atoms with Gasteiger partial charge in [0.1, 0.15) is 0 Å². The molecular formula is C18H22O5. The quantitative estimate of drug-likeness (QED) is 0.782. The Kier molecular flexibility index (Phi) is 4.78. The maximum atomic E-state index is 12.1. The predicted octanol–water partition coefficient (Wildman–Crippen LogP) is 3.89. The van der Waals surface area contributed by atoms with Crippen molar-refractivity contribution in [2.24, 2.45) is 0 Å². The van der Waals surface area contributed by atoms with Crippen molar-refractivity contribution in [2.45, 2.75) is 53.1 Å². The Balaban J connectivity index is 2.13. The topological polar surface area (TPSA) is 69.7 Å². The van der Waals surface area contributed by atoms with Crippen molar-refractivity contribution < 1.29 is 18.4 Å². The van der Waals surface area contributed by atoms with E-state index >= 15 is 0 Å². The average molecular weight is 318 g/mol. The van der Waals surface area contributed by atoms with E-state index in [-0.39, 0.29) is 17.8 Å². The monoisotopic (exact) mass is 318 g/mol. The molecule has 1 aromatic heterocycles. The van der Waals surface area contributed by atoms with Crippen LogP contribution < -0.4 is 5.82 Å². The summed E-state index contributed by atoms with van der Waals surface area (Å²) in [5.74, 6) is -0.712. The normalized spacial score (nSPS) is 11.5. The standard InChI is InChI=1S/C18H22O5/c1-6-18(4,5)14-8-7-13(9-11(14)2)16(19)21-10-15-12(3)22-17(20)23-15/h7-9H,6,10H2,1-5H3. The highest BCUT2D eigenvalue weighted by atomic mass is 16.6. The molecule has 0 saturated heterocycles. The Bertz CT molecular complexity index is 764. The maximum absolute atomic E-state index is 12.1. The lowest BCUT2D eigenvalue weighted by atomic mass is 9.79. The Morgan fingerprint density at radius 3 is 2.43 bits per heavy atom. The summed E-state index contributed by atoms with van der Waals surface area (Å²) < 4.78 is 14.7. The zero-order valence-electron chi connectivity index (χ0n) is 14.2. The summed E-state index contributed by atoms with van der Waals surface area (Å²) in [4.78, 5) is 23.1. The molecule has 5 heteroatoms. The number of rotatable bonds is 5. The Labute approximate surface area is 135 Å². The molecule has 1 aromatic carbocycles. The van der Waals surface area contributed by atoms with Gasteiger partial charge in [-0.05, 0) is 48.9 Å². The number of hydrogen-bond donors (Lipinski definition) is 0. The van der Waals surface area contributed by atoms with E-state index in [1.807, 2.05) is 19.1 Å². The minimum atomic E-state index is -0.796. The fourth-order valence-electron chi connectivity index (χ4n) is 2.46. The molecule has 2 aromatic rings. The number of carbonyl (C=O) groups is 1. The van der Waals surface area contributed by atoms with E-state index in [9.17, 15) is 9.59 Å². The molecule has 1 heterocycles. The molecule has 0 aliphatic carbocycles. The molecule has 0 amide bonds. The minimum absolute atomic E-state index is 0.0594. The number of hydrogen-bond acceptors (Lipinski definition) is 5. The molecule has 0 N–H and O–H groups in total. The van der Waals surface area contributed by atoms with Gasteiger partial charge in [0.15, 0.2) is 18.1 Å². The molecule has 2 rings (SSSR count). The van der Waals surface area contributed by atoms with Gasteiger partial charge in [-0.1, -0.05) is 26.8 Å². The predicted molar refractivity (Wildman–Crippen MR) is 85.6 cm³/mol. The highest BCUT2D eigenvalue weighted by molar-refractivity contribution is 5.89. The van der Waals surface area contributed by atoms with Crippen LogP contribution in [0, 0.1) is 13.8 Å². The van der Waals surface area contributed by atoms with Crippen molar-refractivity contribution in [1.82, 2.24) is 0 Å². The van der Waals surface area contributed by atoms with Crippen LogP contribution in [0.5, 0.6) is 0 Å². The SMILES string of the molecule is CCC(C)(C)c1ccc(C(=O)OCc2oc(=O)oc2C)cc1C. The van der Waals surface area contributed by atoms with Crippen molar-refractivity contribution >= 4 is 5.97 Å². The molecule has 0 spiro atoms. The first-order valence-corrected chi connectivity index (χ1v) is 7.62. The van der Waals surface area contributed by atoms with Crippen LogP contribution in [0.4, 0.5) is 0 Å². The Hall–Kier alpha value is -2.30. The van der Waals surface area contributed by atoms with E-state index in [2.05, 4.69) is 20.8 Å². The van der Waals surface area contributed by atoms with Gasteiger partial charge in [0.25, 0.3) is 0 Å². The van der Waals surface area contributed by atoms with Crippen LogP contribution in [0.15, 0.2) is 31.8 Å². The fraction of sp³-hybridized carbons (Fsp3) is 0.444. The molecule has 0 aliphatic heterocycles. The summed E-state index contributed by atoms with van der Waals surface area (Å²) in [6, 6.07) is 5.56. The molecular weight excluding hydrogens is 296 g/mol. The summed E-state index contributed by atoms with van der Waals surface area (Å²) in [5, 5.41) is 0. The second-order valence-corrected chi connectivity index (χ2v) is 6.28. The number of carbonyl (C=O) groups excluding carboxylic acids is 1. The first-order chi connectivity index (χ1) is 10.7. The van der Waals surface area contributed by atoms with Gasteiger partial charge in [0, 0.05) is 0 Å². The van der Waals surface area contributed by atoms with Crippen molar-refractivity contribution in [3.8, 4) is 0 Å². The number of aryl methyl sites for hydroxylation is 2. The van der Waals surface area contributed by atoms with Crippen LogP contribution in [-0.4, -0.2) is 5.97 Å². The average Bonchev–Trinajstić information content (AvgIpc) is 2.82. The Morgan fingerprint density at radius 1 is 1.22 bits per heavy atom. The van der Waals surface area contributed by atoms with Crippen molar-refractivity contribution in [1.29, 1.82) is 0 Å². The first kappa shape index (κ1) is 17.1. The van der Waals surface area contributed by atoms with E-state index in [4.69, 9.17) is 13.6 Å². The number of esters is 1. The van der Waals surface area contributed by atoms with E-state index in [0.29, 0.717) is 11.3 Å². The molecule has 5 nitrogen and oxygen atoms in total. The molecule has 0 radical (unpaired) electrons. The van der Waals surface area contributed by atoms with Crippen LogP contribution in [0.1, 0.15) is 60.2 Å². The molecule has 0 unspecified atom stereocenters. The maximum Gasteiger partial charge on any atom is 0.519 e. The van der Waals surface area contributed by atoms with Gasteiger partial charge in [0.2, 0.25) is 0 Å². The van der Waals surface area contributed by atoms with Crippen molar-refractivity contribution in [3.05, 3.63) is 57.0 Å². The lowest BCUT2D eigenvalue weighted by Crippen LogP contribution is -2.17. The van der Waals surface area contributed by atoms with Crippen LogP contribution >= 0.6 is 0 Å². The third-order valence-electron chi connectivity index (χ3n) is 4.25. The summed E-state index contributed by atoms with van der Waals surface area (Å²) in [6.45, 7) is 9.94. The Morgan fingerprint density at radius 2 is 1.91 bits per heavy atom. The van der Waals surface area contributed by atoms with Gasteiger partial charge in [0.05, 0.1) is 5.56 Å². The second kappa shape index (κ2) is 6.44. The van der Waals surface area contributed by atoms with E-state index in [1.165, 1.54) is 5.56 Å². The minimum Gasteiger partial charge on any atom is -0.454 e. The molecule has 0 bridgehead atoms. The van der Waals surface area contributed by atoms with Crippen molar-refractivity contribution in [3.63, 3.8) is 0 Å². The molecule has 0 saturated carbocycles. The third kappa shape index (κ3) is 3.73. The largest absolute Gasteiger partial charge is 0.519 e. The molecule has 0 fully saturated rings. The van der Waals surface area contributed by atoms with Crippen LogP contribution in [0.2, 0.25) is 0 Å². The van der Waals surface area contributed by atoms with Gasteiger partial charge < -0.3 is 13.6 Å². The van der Waals surface area contributed by atoms with Crippen LogP contribution in [0.3, 0.4) is 0 Å². The first-order valence-electron chi connectivity index (χ1n) is 7.62. The zero-order valence-corrected chi connectivity index (χ0v) is 14.2. The molecule has 0 aliphatic rings. The van der Waals surface area contributed by atoms with Crippen molar-refractivity contribution in [2.75, 3.05) is 0 Å². The zero-order chi connectivity index (χ0) is 17.2. The van der Waals surface area contributed by atoms with Gasteiger partial charge >= 0.3 is 11.8 Å². The molecule has 23 heavy (non-hydrogen) atoms. The van der Waals surface area contributed by atoms with E-state index < -0.39 is 11.8 Å². The lowest BCUT2D eigenvalue weighted by Gasteiger charge is -2.25. The summed E-state index contributed by atoms with van der Waals surface area (Å²) >= 11 is 0. The van der Waals surface area contributed by atoms with Gasteiger partial charge in [-0.25, -0.2) is 9.59 Å². The highest BCUT2D eigenvalue weighted by Gasteiger charge is 2.21. The smallest absolute Gasteiger partial charge is 0.454 e. The summed E-state index contributed by atoms with van der Waals surface area (Å²) in [7, 11) is 0. The number of ether oxygens (including phenoxy) is 1. The second-order valence-electron chi connectivity index (χ2n) is 6.28.